The number of esters is 1. The maximum absolute atomic E-state index is 13.0. The number of ether oxygens (including phenoxy) is 3. The molecule has 1 atom stereocenters. The summed E-state index contributed by atoms with van der Waals surface area (Å²) in [7, 11) is 1.62. The Kier molecular flexibility index (Phi) is 7.33. The van der Waals surface area contributed by atoms with Crippen molar-refractivity contribution in [2.24, 2.45) is 5.41 Å². The Morgan fingerprint density at radius 1 is 1.07 bits per heavy atom. The zero-order valence-electron chi connectivity index (χ0n) is 17.6. The first-order valence-corrected chi connectivity index (χ1v) is 10.3. The lowest BCUT2D eigenvalue weighted by atomic mass is 9.75. The fraction of sp³-hybridized carbons (Fsp3) is 0.417. The van der Waals surface area contributed by atoms with Gasteiger partial charge in [-0.25, -0.2) is 0 Å². The van der Waals surface area contributed by atoms with E-state index in [-0.39, 0.29) is 18.5 Å². The third kappa shape index (κ3) is 5.32. The second-order valence-electron chi connectivity index (χ2n) is 7.55. The molecule has 0 spiro atoms. The van der Waals surface area contributed by atoms with E-state index in [1.807, 2.05) is 54.6 Å². The Labute approximate surface area is 177 Å². The van der Waals surface area contributed by atoms with Crippen molar-refractivity contribution in [3.8, 4) is 11.5 Å². The lowest BCUT2D eigenvalue weighted by Gasteiger charge is -2.41. The van der Waals surface area contributed by atoms with E-state index in [2.05, 4.69) is 0 Å². The maximum Gasteiger partial charge on any atom is 0.314 e. The zero-order valence-corrected chi connectivity index (χ0v) is 17.6. The van der Waals surface area contributed by atoms with E-state index in [4.69, 9.17) is 14.2 Å². The van der Waals surface area contributed by atoms with Gasteiger partial charge in [0.05, 0.1) is 19.1 Å². The van der Waals surface area contributed by atoms with Crippen molar-refractivity contribution in [3.63, 3.8) is 0 Å². The van der Waals surface area contributed by atoms with Crippen LogP contribution in [-0.4, -0.2) is 50.2 Å². The lowest BCUT2D eigenvalue weighted by Crippen LogP contribution is -2.52. The molecule has 0 aromatic heterocycles. The largest absolute Gasteiger partial charge is 0.497 e. The number of piperidine rings is 1. The van der Waals surface area contributed by atoms with E-state index in [1.165, 1.54) is 0 Å². The van der Waals surface area contributed by atoms with Gasteiger partial charge in [-0.05, 0) is 56.0 Å². The van der Waals surface area contributed by atoms with Crippen LogP contribution in [0.5, 0.6) is 11.5 Å². The third-order valence-corrected chi connectivity index (χ3v) is 5.42. The number of para-hydroxylation sites is 1. The van der Waals surface area contributed by atoms with Gasteiger partial charge in [-0.15, -0.1) is 0 Å². The number of rotatable bonds is 8. The fourth-order valence-electron chi connectivity index (χ4n) is 3.94. The molecule has 6 nitrogen and oxygen atoms in total. The van der Waals surface area contributed by atoms with Crippen LogP contribution in [0.3, 0.4) is 0 Å². The van der Waals surface area contributed by atoms with Gasteiger partial charge in [0, 0.05) is 13.1 Å². The lowest BCUT2D eigenvalue weighted by molar-refractivity contribution is -0.161. The molecule has 0 bridgehead atoms. The number of amides is 1. The summed E-state index contributed by atoms with van der Waals surface area (Å²) in [6.07, 6.45) is 1.90. The smallest absolute Gasteiger partial charge is 0.314 e. The predicted molar refractivity (Wildman–Crippen MR) is 114 cm³/mol. The van der Waals surface area contributed by atoms with Crippen LogP contribution in [0, 0.1) is 5.41 Å². The Balaban J connectivity index is 1.75. The minimum atomic E-state index is -0.775. The average molecular weight is 411 g/mol. The van der Waals surface area contributed by atoms with Crippen molar-refractivity contribution in [1.82, 2.24) is 4.90 Å². The van der Waals surface area contributed by atoms with Gasteiger partial charge in [0.25, 0.3) is 5.91 Å². The normalized spacial score (nSPS) is 18.5. The summed E-state index contributed by atoms with van der Waals surface area (Å²) >= 11 is 0. The van der Waals surface area contributed by atoms with Crippen molar-refractivity contribution >= 4 is 11.9 Å². The summed E-state index contributed by atoms with van der Waals surface area (Å²) in [5.74, 6) is 1.01. The molecular weight excluding hydrogens is 382 g/mol. The van der Waals surface area contributed by atoms with E-state index in [0.29, 0.717) is 38.3 Å². The van der Waals surface area contributed by atoms with Crippen molar-refractivity contribution in [3.05, 3.63) is 60.2 Å². The van der Waals surface area contributed by atoms with E-state index in [1.54, 1.807) is 18.9 Å². The van der Waals surface area contributed by atoms with Crippen LogP contribution in [0.4, 0.5) is 0 Å². The monoisotopic (exact) mass is 411 g/mol. The van der Waals surface area contributed by atoms with Crippen LogP contribution in [-0.2, 0) is 20.7 Å². The van der Waals surface area contributed by atoms with Crippen LogP contribution < -0.4 is 9.47 Å². The molecule has 0 saturated carbocycles. The Morgan fingerprint density at radius 3 is 2.57 bits per heavy atom. The van der Waals surface area contributed by atoms with E-state index in [9.17, 15) is 9.59 Å². The number of carbonyl (C=O) groups is 2. The van der Waals surface area contributed by atoms with Gasteiger partial charge in [-0.2, -0.15) is 0 Å². The van der Waals surface area contributed by atoms with Crippen molar-refractivity contribution in [2.75, 3.05) is 33.4 Å². The van der Waals surface area contributed by atoms with Gasteiger partial charge >= 0.3 is 5.97 Å². The van der Waals surface area contributed by atoms with E-state index >= 15 is 0 Å². The average Bonchev–Trinajstić information content (AvgIpc) is 2.78. The highest BCUT2D eigenvalue weighted by molar-refractivity contribution is 5.81. The molecule has 1 aliphatic rings. The summed E-state index contributed by atoms with van der Waals surface area (Å²) in [5.41, 5.74) is 0.209. The molecule has 0 radical (unpaired) electrons. The molecule has 1 aliphatic heterocycles. The van der Waals surface area contributed by atoms with Crippen LogP contribution >= 0.6 is 0 Å². The molecule has 1 amide bonds. The zero-order chi connectivity index (χ0) is 21.4. The number of carbonyl (C=O) groups excluding carboxylic acids is 2. The summed E-state index contributed by atoms with van der Waals surface area (Å²) < 4.78 is 16.4. The van der Waals surface area contributed by atoms with Gasteiger partial charge in [0.15, 0.2) is 6.61 Å². The van der Waals surface area contributed by atoms with Gasteiger partial charge in [0.1, 0.15) is 11.5 Å². The minimum Gasteiger partial charge on any atom is -0.497 e. The SMILES string of the molecule is CCOC(=O)C1(Cc2cccc(OC)c2)CCCN(C(=O)COc2ccccc2)C1. The maximum atomic E-state index is 13.0. The first-order chi connectivity index (χ1) is 14.6. The summed E-state index contributed by atoms with van der Waals surface area (Å²) in [4.78, 5) is 27.6. The van der Waals surface area contributed by atoms with Gasteiger partial charge in [-0.3, -0.25) is 9.59 Å². The first kappa shape index (κ1) is 21.7. The molecule has 2 aromatic carbocycles. The van der Waals surface area contributed by atoms with Crippen LogP contribution in [0.2, 0.25) is 0 Å². The van der Waals surface area contributed by atoms with Crippen LogP contribution in [0.15, 0.2) is 54.6 Å². The molecule has 160 valence electrons. The standard InChI is InChI=1S/C24H29NO5/c1-3-29-23(27)24(16-19-9-7-12-21(15-19)28-2)13-8-14-25(18-24)22(26)17-30-20-10-5-4-6-11-20/h4-7,9-12,15H,3,8,13-14,16-18H2,1-2H3. The Bertz CT molecular complexity index is 854. The molecule has 1 saturated heterocycles. The second-order valence-corrected chi connectivity index (χ2v) is 7.55. The van der Waals surface area contributed by atoms with Gasteiger partial charge in [0.2, 0.25) is 0 Å². The summed E-state index contributed by atoms with van der Waals surface area (Å²) in [6.45, 7) is 2.98. The van der Waals surface area contributed by atoms with Crippen molar-refractivity contribution in [1.29, 1.82) is 0 Å². The molecule has 3 rings (SSSR count). The minimum absolute atomic E-state index is 0.0535. The molecule has 1 fully saturated rings. The number of nitrogens with zero attached hydrogens (tertiary/aromatic N) is 1. The molecule has 0 aliphatic carbocycles. The van der Waals surface area contributed by atoms with Gasteiger partial charge < -0.3 is 19.1 Å². The number of hydrogen-bond donors (Lipinski definition) is 0. The number of methoxy groups -OCH3 is 1. The van der Waals surface area contributed by atoms with E-state index < -0.39 is 5.41 Å². The molecule has 30 heavy (non-hydrogen) atoms. The molecule has 0 N–H and O–H groups in total. The Morgan fingerprint density at radius 2 is 1.83 bits per heavy atom. The highest BCUT2D eigenvalue weighted by Gasteiger charge is 2.44. The topological polar surface area (TPSA) is 65.1 Å². The highest BCUT2D eigenvalue weighted by Crippen LogP contribution is 2.36. The Hall–Kier alpha value is -3.02. The van der Waals surface area contributed by atoms with Gasteiger partial charge in [-0.1, -0.05) is 30.3 Å². The first-order valence-electron chi connectivity index (χ1n) is 10.3. The quantitative estimate of drug-likeness (QED) is 0.622. The highest BCUT2D eigenvalue weighted by atomic mass is 16.5. The van der Waals surface area contributed by atoms with Crippen LogP contribution in [0.25, 0.3) is 0 Å². The van der Waals surface area contributed by atoms with Crippen molar-refractivity contribution in [2.45, 2.75) is 26.2 Å². The molecule has 2 aromatic rings. The number of benzene rings is 2. The molecular formula is C24H29NO5. The summed E-state index contributed by atoms with van der Waals surface area (Å²) in [5, 5.41) is 0. The molecule has 6 heteroatoms. The van der Waals surface area contributed by atoms with Crippen molar-refractivity contribution < 1.29 is 23.8 Å². The van der Waals surface area contributed by atoms with Crippen LogP contribution in [0.1, 0.15) is 25.3 Å². The molecule has 1 unspecified atom stereocenters. The predicted octanol–water partition coefficient (Wildman–Crippen LogP) is 3.49. The third-order valence-electron chi connectivity index (χ3n) is 5.42. The summed E-state index contributed by atoms with van der Waals surface area (Å²) in [6, 6.07) is 16.9. The fourth-order valence-corrected chi connectivity index (χ4v) is 3.94. The molecule has 1 heterocycles. The van der Waals surface area contributed by atoms with E-state index in [0.717, 1.165) is 17.7 Å². The number of hydrogen-bond acceptors (Lipinski definition) is 5. The second kappa shape index (κ2) is 10.1. The number of likely N-dealkylation sites (tertiary alicyclic amines) is 1.